The summed E-state index contributed by atoms with van der Waals surface area (Å²) < 4.78 is 36.7. The monoisotopic (exact) mass is 293 g/mol. The molecular formula is C12H14ClF2NO3. The quantitative estimate of drug-likeness (QED) is 0.848. The van der Waals surface area contributed by atoms with Gasteiger partial charge in [0.2, 0.25) is 0 Å². The highest BCUT2D eigenvalue weighted by Crippen LogP contribution is 2.34. The number of nitrogens with two attached hydrogens (primary N) is 1. The molecule has 0 unspecified atom stereocenters. The zero-order valence-electron chi connectivity index (χ0n) is 10.5. The molecule has 1 rings (SSSR count). The molecule has 0 radical (unpaired) electrons. The molecule has 1 aromatic carbocycles. The van der Waals surface area contributed by atoms with E-state index in [1.165, 1.54) is 32.2 Å². The smallest absolute Gasteiger partial charge is 0.379 e. The van der Waals surface area contributed by atoms with Gasteiger partial charge in [-0.3, -0.25) is 0 Å². The van der Waals surface area contributed by atoms with E-state index in [0.29, 0.717) is 0 Å². The van der Waals surface area contributed by atoms with E-state index in [-0.39, 0.29) is 22.9 Å². The summed E-state index contributed by atoms with van der Waals surface area (Å²) in [7, 11) is 1.35. The van der Waals surface area contributed by atoms with Gasteiger partial charge in [0.25, 0.3) is 0 Å². The molecule has 0 aliphatic rings. The van der Waals surface area contributed by atoms with Crippen LogP contribution in [0.4, 0.5) is 8.78 Å². The van der Waals surface area contributed by atoms with Crippen molar-refractivity contribution in [2.45, 2.75) is 18.9 Å². The Morgan fingerprint density at radius 2 is 2.16 bits per heavy atom. The summed E-state index contributed by atoms with van der Waals surface area (Å²) in [5.74, 6) is -5.28. The fourth-order valence-electron chi connectivity index (χ4n) is 1.43. The van der Waals surface area contributed by atoms with E-state index >= 15 is 0 Å². The second-order valence-corrected chi connectivity index (χ2v) is 4.12. The van der Waals surface area contributed by atoms with Gasteiger partial charge in [0.15, 0.2) is 0 Å². The summed E-state index contributed by atoms with van der Waals surface area (Å²) in [6.45, 7) is 1.29. The summed E-state index contributed by atoms with van der Waals surface area (Å²) in [4.78, 5) is 11.2. The standard InChI is InChI=1S/C12H14ClF2NO3/c1-3-19-11(17)12(14,15)10(16)7-4-5-8(13)9(6-7)18-2/h4-6,10H,3,16H2,1-2H3/t10-/m1/s1. The summed E-state index contributed by atoms with van der Waals surface area (Å²) in [5.41, 5.74) is 5.46. The average Bonchev–Trinajstić information content (AvgIpc) is 2.38. The predicted molar refractivity (Wildman–Crippen MR) is 66.5 cm³/mol. The van der Waals surface area contributed by atoms with Gasteiger partial charge in [-0.1, -0.05) is 17.7 Å². The number of benzene rings is 1. The molecule has 0 aromatic heterocycles. The van der Waals surface area contributed by atoms with Crippen LogP contribution in [-0.2, 0) is 9.53 Å². The fourth-order valence-corrected chi connectivity index (χ4v) is 1.63. The van der Waals surface area contributed by atoms with E-state index in [4.69, 9.17) is 22.1 Å². The third kappa shape index (κ3) is 3.33. The Balaban J connectivity index is 3.05. The highest BCUT2D eigenvalue weighted by atomic mass is 35.5. The first-order chi connectivity index (χ1) is 8.84. The van der Waals surface area contributed by atoms with E-state index < -0.39 is 17.9 Å². The van der Waals surface area contributed by atoms with E-state index in [0.717, 1.165) is 0 Å². The van der Waals surface area contributed by atoms with Gasteiger partial charge in [0.05, 0.1) is 18.7 Å². The van der Waals surface area contributed by atoms with Crippen LogP contribution < -0.4 is 10.5 Å². The fraction of sp³-hybridized carbons (Fsp3) is 0.417. The molecule has 19 heavy (non-hydrogen) atoms. The Labute approximate surface area is 114 Å². The number of hydrogen-bond acceptors (Lipinski definition) is 4. The van der Waals surface area contributed by atoms with Crippen molar-refractivity contribution in [2.24, 2.45) is 5.73 Å². The molecular weight excluding hydrogens is 280 g/mol. The lowest BCUT2D eigenvalue weighted by Crippen LogP contribution is -2.41. The summed E-state index contributed by atoms with van der Waals surface area (Å²) in [6, 6.07) is 2.11. The van der Waals surface area contributed by atoms with Crippen molar-refractivity contribution >= 4 is 17.6 Å². The lowest BCUT2D eigenvalue weighted by molar-refractivity contribution is -0.174. The topological polar surface area (TPSA) is 61.5 Å². The number of alkyl halides is 2. The lowest BCUT2D eigenvalue weighted by atomic mass is 10.0. The van der Waals surface area contributed by atoms with Crippen molar-refractivity contribution in [3.8, 4) is 5.75 Å². The number of esters is 1. The van der Waals surface area contributed by atoms with Gasteiger partial charge in [-0.25, -0.2) is 4.79 Å². The Morgan fingerprint density at radius 1 is 1.53 bits per heavy atom. The van der Waals surface area contributed by atoms with Gasteiger partial charge >= 0.3 is 11.9 Å². The van der Waals surface area contributed by atoms with Gasteiger partial charge < -0.3 is 15.2 Å². The number of halogens is 3. The summed E-state index contributed by atoms with van der Waals surface area (Å²) in [5, 5.41) is 0.262. The highest BCUT2D eigenvalue weighted by Gasteiger charge is 2.47. The SMILES string of the molecule is CCOC(=O)C(F)(F)[C@H](N)c1ccc(Cl)c(OC)c1. The van der Waals surface area contributed by atoms with Crippen LogP contribution in [-0.4, -0.2) is 25.6 Å². The normalized spacial score (nSPS) is 12.9. The van der Waals surface area contributed by atoms with Gasteiger partial charge in [-0.15, -0.1) is 0 Å². The average molecular weight is 294 g/mol. The molecule has 1 aromatic rings. The Morgan fingerprint density at radius 3 is 2.68 bits per heavy atom. The number of carbonyl (C=O) groups is 1. The molecule has 0 spiro atoms. The first kappa shape index (κ1) is 15.7. The number of rotatable bonds is 5. The van der Waals surface area contributed by atoms with Crippen LogP contribution >= 0.6 is 11.6 Å². The largest absolute Gasteiger partial charge is 0.495 e. The molecule has 0 saturated heterocycles. The molecule has 0 heterocycles. The van der Waals surface area contributed by atoms with Crippen LogP contribution in [0.1, 0.15) is 18.5 Å². The van der Waals surface area contributed by atoms with Gasteiger partial charge in [-0.05, 0) is 24.6 Å². The van der Waals surface area contributed by atoms with Crippen LogP contribution in [0.2, 0.25) is 5.02 Å². The molecule has 4 nitrogen and oxygen atoms in total. The van der Waals surface area contributed by atoms with Crippen LogP contribution in [0, 0.1) is 0 Å². The molecule has 106 valence electrons. The molecule has 1 atom stereocenters. The molecule has 7 heteroatoms. The minimum Gasteiger partial charge on any atom is -0.495 e. The van der Waals surface area contributed by atoms with Gasteiger partial charge in [0, 0.05) is 0 Å². The molecule has 0 bridgehead atoms. The second kappa shape index (κ2) is 6.16. The first-order valence-corrected chi connectivity index (χ1v) is 5.86. The molecule has 0 amide bonds. The molecule has 0 aliphatic carbocycles. The third-order valence-corrected chi connectivity index (χ3v) is 2.78. The van der Waals surface area contributed by atoms with Crippen molar-refractivity contribution in [2.75, 3.05) is 13.7 Å². The summed E-state index contributed by atoms with van der Waals surface area (Å²) >= 11 is 5.78. The van der Waals surface area contributed by atoms with E-state index in [2.05, 4.69) is 4.74 Å². The first-order valence-electron chi connectivity index (χ1n) is 5.48. The van der Waals surface area contributed by atoms with Crippen molar-refractivity contribution in [1.82, 2.24) is 0 Å². The van der Waals surface area contributed by atoms with Crippen LogP contribution in [0.25, 0.3) is 0 Å². The van der Waals surface area contributed by atoms with Crippen molar-refractivity contribution < 1.29 is 23.0 Å². The maximum absolute atomic E-state index is 13.7. The molecule has 0 fully saturated rings. The molecule has 0 aliphatic heterocycles. The van der Waals surface area contributed by atoms with Gasteiger partial charge in [-0.2, -0.15) is 8.78 Å². The molecule has 0 saturated carbocycles. The van der Waals surface area contributed by atoms with Crippen molar-refractivity contribution in [3.63, 3.8) is 0 Å². The third-order valence-electron chi connectivity index (χ3n) is 2.47. The van der Waals surface area contributed by atoms with E-state index in [9.17, 15) is 13.6 Å². The maximum atomic E-state index is 13.7. The minimum absolute atomic E-state index is 0.0271. The second-order valence-electron chi connectivity index (χ2n) is 3.72. The lowest BCUT2D eigenvalue weighted by Gasteiger charge is -2.22. The minimum atomic E-state index is -3.82. The molecule has 2 N–H and O–H groups in total. The number of methoxy groups -OCH3 is 1. The number of carbonyl (C=O) groups excluding carboxylic acids is 1. The Kier molecular flexibility index (Phi) is 5.08. The highest BCUT2D eigenvalue weighted by molar-refractivity contribution is 6.32. The zero-order valence-corrected chi connectivity index (χ0v) is 11.2. The van der Waals surface area contributed by atoms with E-state index in [1.807, 2.05) is 0 Å². The Hall–Kier alpha value is -1.40. The van der Waals surface area contributed by atoms with Crippen molar-refractivity contribution in [3.05, 3.63) is 28.8 Å². The van der Waals surface area contributed by atoms with Crippen LogP contribution in [0.3, 0.4) is 0 Å². The number of hydrogen-bond donors (Lipinski definition) is 1. The summed E-state index contributed by atoms with van der Waals surface area (Å²) in [6.07, 6.45) is 0. The van der Waals surface area contributed by atoms with Crippen molar-refractivity contribution in [1.29, 1.82) is 0 Å². The predicted octanol–water partition coefficient (Wildman–Crippen LogP) is 2.55. The Bertz CT molecular complexity index is 468. The van der Waals surface area contributed by atoms with Gasteiger partial charge in [0.1, 0.15) is 11.8 Å². The number of ether oxygens (including phenoxy) is 2. The van der Waals surface area contributed by atoms with Crippen LogP contribution in [0.15, 0.2) is 18.2 Å². The van der Waals surface area contributed by atoms with E-state index in [1.54, 1.807) is 0 Å². The van der Waals surface area contributed by atoms with Crippen LogP contribution in [0.5, 0.6) is 5.75 Å². The maximum Gasteiger partial charge on any atom is 0.379 e. The zero-order chi connectivity index (χ0) is 14.6.